The first-order valence-electron chi connectivity index (χ1n) is 7.73. The van der Waals surface area contributed by atoms with Crippen molar-refractivity contribution in [1.82, 2.24) is 5.16 Å². The first-order chi connectivity index (χ1) is 12.4. The maximum atomic E-state index is 12.6. The second-order valence-corrected chi connectivity index (χ2v) is 5.96. The summed E-state index contributed by atoms with van der Waals surface area (Å²) < 4.78 is 14.8. The number of rotatable bonds is 5. The van der Waals surface area contributed by atoms with E-state index in [4.69, 9.17) is 14.0 Å². The monoisotopic (exact) mass is 360 g/mol. The first-order valence-corrected chi connectivity index (χ1v) is 7.73. The Hall–Kier alpha value is -3.23. The predicted octanol–water partition coefficient (Wildman–Crippen LogP) is 2.10. The molecule has 0 N–H and O–H groups in total. The number of aryl methyl sites for hydroxylation is 1. The average Bonchev–Trinajstić information content (AvgIpc) is 3.20. The molecule has 1 saturated carbocycles. The van der Waals surface area contributed by atoms with E-state index in [0.717, 1.165) is 14.2 Å². The molecule has 0 unspecified atom stereocenters. The Balaban J connectivity index is 2.22. The minimum absolute atomic E-state index is 0.0624. The van der Waals surface area contributed by atoms with Crippen molar-refractivity contribution in [2.24, 2.45) is 5.41 Å². The van der Waals surface area contributed by atoms with Gasteiger partial charge >= 0.3 is 17.6 Å². The van der Waals surface area contributed by atoms with Crippen molar-refractivity contribution < 1.29 is 28.5 Å². The van der Waals surface area contributed by atoms with Crippen molar-refractivity contribution in [2.75, 3.05) is 14.2 Å². The molecule has 0 aliphatic heterocycles. The predicted molar refractivity (Wildman–Crippen MR) is 86.3 cm³/mol. The third-order valence-electron chi connectivity index (χ3n) is 4.73. The van der Waals surface area contributed by atoms with Crippen LogP contribution in [0, 0.1) is 22.5 Å². The van der Waals surface area contributed by atoms with Gasteiger partial charge in [0.15, 0.2) is 11.1 Å². The fourth-order valence-electron chi connectivity index (χ4n) is 3.60. The standard InChI is InChI=1S/C17H16N2O7/c1-9-13(19(22)23)14(26-18-9)12-11(10-7-5-4-6-8-10)17(12,15(20)24-2)16(21)25-3/h4-8,11-12H,1-3H3/t11-,12+/m0/s1. The Morgan fingerprint density at radius 3 is 2.23 bits per heavy atom. The van der Waals surface area contributed by atoms with E-state index in [1.54, 1.807) is 30.3 Å². The first kappa shape index (κ1) is 17.6. The molecule has 9 nitrogen and oxygen atoms in total. The molecule has 1 aliphatic carbocycles. The molecule has 2 atom stereocenters. The summed E-state index contributed by atoms with van der Waals surface area (Å²) in [5.74, 6) is -3.50. The van der Waals surface area contributed by atoms with E-state index >= 15 is 0 Å². The van der Waals surface area contributed by atoms with Crippen LogP contribution in [0.15, 0.2) is 34.9 Å². The van der Waals surface area contributed by atoms with E-state index in [2.05, 4.69) is 5.16 Å². The molecule has 1 fully saturated rings. The Morgan fingerprint density at radius 1 is 1.15 bits per heavy atom. The van der Waals surface area contributed by atoms with Gasteiger partial charge < -0.3 is 14.0 Å². The molecule has 0 radical (unpaired) electrons. The van der Waals surface area contributed by atoms with Crippen LogP contribution in [0.3, 0.4) is 0 Å². The molecule has 0 spiro atoms. The fraction of sp³-hybridized carbons (Fsp3) is 0.353. The maximum absolute atomic E-state index is 12.6. The molecule has 0 saturated heterocycles. The lowest BCUT2D eigenvalue weighted by molar-refractivity contribution is -0.386. The molecule has 1 aromatic carbocycles. The van der Waals surface area contributed by atoms with Crippen LogP contribution in [-0.4, -0.2) is 36.2 Å². The van der Waals surface area contributed by atoms with E-state index in [1.807, 2.05) is 0 Å². The van der Waals surface area contributed by atoms with Gasteiger partial charge in [0.05, 0.1) is 25.1 Å². The molecule has 3 rings (SSSR count). The molecule has 2 aromatic rings. The summed E-state index contributed by atoms with van der Waals surface area (Å²) in [6.07, 6.45) is 0. The minimum Gasteiger partial charge on any atom is -0.468 e. The summed E-state index contributed by atoms with van der Waals surface area (Å²) in [7, 11) is 2.29. The van der Waals surface area contributed by atoms with Gasteiger partial charge in [0.2, 0.25) is 5.76 Å². The second kappa shape index (κ2) is 6.25. The lowest BCUT2D eigenvalue weighted by Crippen LogP contribution is -2.31. The quantitative estimate of drug-likeness (QED) is 0.344. The van der Waals surface area contributed by atoms with Crippen molar-refractivity contribution in [3.63, 3.8) is 0 Å². The van der Waals surface area contributed by atoms with Crippen molar-refractivity contribution in [2.45, 2.75) is 18.8 Å². The van der Waals surface area contributed by atoms with Gasteiger partial charge in [-0.05, 0) is 12.5 Å². The van der Waals surface area contributed by atoms with Crippen LogP contribution in [0.4, 0.5) is 5.69 Å². The molecule has 9 heteroatoms. The smallest absolute Gasteiger partial charge is 0.334 e. The van der Waals surface area contributed by atoms with Crippen molar-refractivity contribution in [1.29, 1.82) is 0 Å². The van der Waals surface area contributed by atoms with Crippen molar-refractivity contribution in [3.05, 3.63) is 57.5 Å². The number of nitrogens with zero attached hydrogens (tertiary/aromatic N) is 2. The Labute approximate surface area is 148 Å². The van der Waals surface area contributed by atoms with Gasteiger partial charge in [-0.3, -0.25) is 19.7 Å². The summed E-state index contributed by atoms with van der Waals surface area (Å²) in [5.41, 5.74) is -1.42. The number of aromatic nitrogens is 1. The van der Waals surface area contributed by atoms with Crippen LogP contribution in [0.5, 0.6) is 0 Å². The number of nitro groups is 1. The molecule has 1 heterocycles. The van der Waals surface area contributed by atoms with Crippen LogP contribution in [0.2, 0.25) is 0 Å². The Bertz CT molecular complexity index is 858. The van der Waals surface area contributed by atoms with E-state index in [9.17, 15) is 19.7 Å². The van der Waals surface area contributed by atoms with Gasteiger partial charge in [0, 0.05) is 5.92 Å². The van der Waals surface area contributed by atoms with Crippen LogP contribution in [-0.2, 0) is 19.1 Å². The topological polar surface area (TPSA) is 122 Å². The largest absolute Gasteiger partial charge is 0.468 e. The number of ether oxygens (including phenoxy) is 2. The number of carbonyl (C=O) groups excluding carboxylic acids is 2. The molecule has 1 aromatic heterocycles. The van der Waals surface area contributed by atoms with Crippen LogP contribution in [0.25, 0.3) is 0 Å². The third-order valence-corrected chi connectivity index (χ3v) is 4.73. The minimum atomic E-state index is -1.76. The van der Waals surface area contributed by atoms with Crippen LogP contribution >= 0.6 is 0 Å². The number of hydrogen-bond acceptors (Lipinski definition) is 8. The Kier molecular flexibility index (Phi) is 4.23. The van der Waals surface area contributed by atoms with Gasteiger partial charge in [0.25, 0.3) is 0 Å². The lowest BCUT2D eigenvalue weighted by atomic mass is 9.98. The highest BCUT2D eigenvalue weighted by Gasteiger charge is 2.80. The van der Waals surface area contributed by atoms with Gasteiger partial charge in [-0.15, -0.1) is 0 Å². The number of methoxy groups -OCH3 is 2. The fourth-order valence-corrected chi connectivity index (χ4v) is 3.60. The summed E-state index contributed by atoms with van der Waals surface area (Å²) in [5, 5.41) is 15.1. The summed E-state index contributed by atoms with van der Waals surface area (Å²) in [4.78, 5) is 36.0. The highest BCUT2D eigenvalue weighted by atomic mass is 16.6. The molecular weight excluding hydrogens is 344 g/mol. The number of hydrogen-bond donors (Lipinski definition) is 0. The van der Waals surface area contributed by atoms with E-state index < -0.39 is 34.1 Å². The summed E-state index contributed by atoms with van der Waals surface area (Å²) in [6.45, 7) is 1.42. The Morgan fingerprint density at radius 2 is 1.73 bits per heavy atom. The molecule has 1 aliphatic rings. The third kappa shape index (κ3) is 2.27. The van der Waals surface area contributed by atoms with E-state index in [0.29, 0.717) is 5.56 Å². The zero-order chi connectivity index (χ0) is 19.1. The summed E-state index contributed by atoms with van der Waals surface area (Å²) in [6, 6.07) is 8.70. The SMILES string of the molecule is COC(=O)C1(C(=O)OC)[C@@H](c2ccccc2)[C@@H]1c1onc(C)c1[N+](=O)[O-]. The molecule has 0 amide bonds. The second-order valence-electron chi connectivity index (χ2n) is 5.96. The van der Waals surface area contributed by atoms with Gasteiger partial charge in [-0.1, -0.05) is 35.5 Å². The number of benzene rings is 1. The number of carbonyl (C=O) groups is 2. The number of esters is 2. The van der Waals surface area contributed by atoms with Crippen LogP contribution in [0.1, 0.15) is 28.9 Å². The van der Waals surface area contributed by atoms with Crippen molar-refractivity contribution >= 4 is 17.6 Å². The average molecular weight is 360 g/mol. The summed E-state index contributed by atoms with van der Waals surface area (Å²) >= 11 is 0. The van der Waals surface area contributed by atoms with Crippen LogP contribution < -0.4 is 0 Å². The van der Waals surface area contributed by atoms with E-state index in [-0.39, 0.29) is 17.1 Å². The highest BCUT2D eigenvalue weighted by Crippen LogP contribution is 2.72. The highest BCUT2D eigenvalue weighted by molar-refractivity contribution is 6.07. The van der Waals surface area contributed by atoms with E-state index in [1.165, 1.54) is 6.92 Å². The van der Waals surface area contributed by atoms with Crippen molar-refractivity contribution in [3.8, 4) is 0 Å². The normalized spacial score (nSPS) is 20.3. The zero-order valence-corrected chi connectivity index (χ0v) is 14.3. The maximum Gasteiger partial charge on any atom is 0.334 e. The van der Waals surface area contributed by atoms with Gasteiger partial charge in [0.1, 0.15) is 0 Å². The molecular formula is C17H16N2O7. The molecule has 136 valence electrons. The lowest BCUT2D eigenvalue weighted by Gasteiger charge is -2.12. The molecule has 0 bridgehead atoms. The zero-order valence-electron chi connectivity index (χ0n) is 14.3. The van der Waals surface area contributed by atoms with Gasteiger partial charge in [-0.2, -0.15) is 0 Å². The molecule has 26 heavy (non-hydrogen) atoms. The van der Waals surface area contributed by atoms with Gasteiger partial charge in [-0.25, -0.2) is 0 Å².